The lowest BCUT2D eigenvalue weighted by atomic mass is 10.2. The first-order valence-electron chi connectivity index (χ1n) is 4.92. The molecule has 0 radical (unpaired) electrons. The molecule has 0 amide bonds. The Morgan fingerprint density at radius 3 is 2.39 bits per heavy atom. The van der Waals surface area contributed by atoms with Crippen molar-refractivity contribution in [2.75, 3.05) is 26.1 Å². The molecular formula is C10H12Cl2N2O4. The first-order chi connectivity index (χ1) is 8.49. The van der Waals surface area contributed by atoms with Crippen LogP contribution in [0.3, 0.4) is 0 Å². The SMILES string of the molecule is COC(CNc1cc(Cl)c(Cl)cc1[N+](=O)[O-])OC. The van der Waals surface area contributed by atoms with Gasteiger partial charge in [0.15, 0.2) is 6.29 Å². The summed E-state index contributed by atoms with van der Waals surface area (Å²) in [5.41, 5.74) is 0.101. The molecule has 0 aromatic heterocycles. The van der Waals surface area contributed by atoms with E-state index in [1.807, 2.05) is 0 Å². The highest BCUT2D eigenvalue weighted by molar-refractivity contribution is 6.42. The van der Waals surface area contributed by atoms with Gasteiger partial charge in [0.2, 0.25) is 0 Å². The molecule has 1 N–H and O–H groups in total. The van der Waals surface area contributed by atoms with Crippen LogP contribution in [-0.4, -0.2) is 32.0 Å². The van der Waals surface area contributed by atoms with Gasteiger partial charge < -0.3 is 14.8 Å². The summed E-state index contributed by atoms with van der Waals surface area (Å²) < 4.78 is 9.92. The number of ether oxygens (including phenoxy) is 2. The zero-order valence-corrected chi connectivity index (χ0v) is 11.3. The van der Waals surface area contributed by atoms with Crippen LogP contribution >= 0.6 is 23.2 Å². The minimum atomic E-state index is -0.543. The molecule has 1 aromatic carbocycles. The number of nitro benzene ring substituents is 1. The van der Waals surface area contributed by atoms with Gasteiger partial charge in [0.25, 0.3) is 5.69 Å². The highest BCUT2D eigenvalue weighted by Crippen LogP contribution is 2.33. The number of rotatable bonds is 6. The Hall–Kier alpha value is -1.08. The summed E-state index contributed by atoms with van der Waals surface area (Å²) in [5.74, 6) is 0. The summed E-state index contributed by atoms with van der Waals surface area (Å²) in [4.78, 5) is 10.3. The molecule has 0 saturated carbocycles. The van der Waals surface area contributed by atoms with Crippen LogP contribution in [0.15, 0.2) is 12.1 Å². The summed E-state index contributed by atoms with van der Waals surface area (Å²) in [7, 11) is 2.94. The van der Waals surface area contributed by atoms with Gasteiger partial charge in [-0.05, 0) is 6.07 Å². The highest BCUT2D eigenvalue weighted by atomic mass is 35.5. The summed E-state index contributed by atoms with van der Waals surface area (Å²) >= 11 is 11.6. The van der Waals surface area contributed by atoms with E-state index in [0.29, 0.717) is 0 Å². The Morgan fingerprint density at radius 2 is 1.89 bits per heavy atom. The van der Waals surface area contributed by atoms with E-state index < -0.39 is 11.2 Å². The van der Waals surface area contributed by atoms with Crippen molar-refractivity contribution >= 4 is 34.6 Å². The van der Waals surface area contributed by atoms with Crippen molar-refractivity contribution in [2.45, 2.75) is 6.29 Å². The Kier molecular flexibility index (Phi) is 5.61. The Bertz CT molecular complexity index is 438. The Labute approximate surface area is 114 Å². The zero-order valence-electron chi connectivity index (χ0n) is 9.78. The van der Waals surface area contributed by atoms with Crippen molar-refractivity contribution in [2.24, 2.45) is 0 Å². The van der Waals surface area contributed by atoms with Crippen LogP contribution in [0.1, 0.15) is 0 Å². The molecule has 8 heteroatoms. The van der Waals surface area contributed by atoms with E-state index in [1.54, 1.807) is 0 Å². The molecule has 1 rings (SSSR count). The normalized spacial score (nSPS) is 10.7. The van der Waals surface area contributed by atoms with Gasteiger partial charge in [-0.15, -0.1) is 0 Å². The first-order valence-corrected chi connectivity index (χ1v) is 5.68. The smallest absolute Gasteiger partial charge is 0.293 e. The first kappa shape index (κ1) is 15.0. The van der Waals surface area contributed by atoms with Gasteiger partial charge in [0.05, 0.1) is 21.5 Å². The quantitative estimate of drug-likeness (QED) is 0.496. The van der Waals surface area contributed by atoms with Crippen molar-refractivity contribution in [3.63, 3.8) is 0 Å². The van der Waals surface area contributed by atoms with Crippen molar-refractivity contribution in [1.82, 2.24) is 0 Å². The number of hydrogen-bond donors (Lipinski definition) is 1. The number of benzene rings is 1. The third-order valence-electron chi connectivity index (χ3n) is 2.22. The number of nitrogens with one attached hydrogen (secondary N) is 1. The van der Waals surface area contributed by atoms with Crippen LogP contribution in [0, 0.1) is 10.1 Å². The molecule has 0 unspecified atom stereocenters. The van der Waals surface area contributed by atoms with E-state index in [4.69, 9.17) is 32.7 Å². The average molecular weight is 295 g/mol. The third-order valence-corrected chi connectivity index (χ3v) is 2.94. The van der Waals surface area contributed by atoms with Gasteiger partial charge in [0, 0.05) is 20.3 Å². The van der Waals surface area contributed by atoms with Gasteiger partial charge in [-0.2, -0.15) is 0 Å². The number of halogens is 2. The summed E-state index contributed by atoms with van der Waals surface area (Å²) in [6, 6.07) is 2.59. The second-order valence-electron chi connectivity index (χ2n) is 3.32. The fourth-order valence-electron chi connectivity index (χ4n) is 1.29. The lowest BCUT2D eigenvalue weighted by molar-refractivity contribution is -0.384. The maximum Gasteiger partial charge on any atom is 0.293 e. The maximum atomic E-state index is 10.9. The van der Waals surface area contributed by atoms with Gasteiger partial charge in [0.1, 0.15) is 5.69 Å². The number of anilines is 1. The van der Waals surface area contributed by atoms with Crippen LogP contribution in [0.2, 0.25) is 10.0 Å². The largest absolute Gasteiger partial charge is 0.374 e. The predicted molar refractivity (Wildman–Crippen MR) is 69.4 cm³/mol. The standard InChI is InChI=1S/C10H12Cl2N2O4/c1-17-10(18-2)5-13-8-3-6(11)7(12)4-9(8)14(15)16/h3-4,10,13H,5H2,1-2H3. The second kappa shape index (κ2) is 6.75. The molecule has 0 aliphatic rings. The number of nitrogens with zero attached hydrogens (tertiary/aromatic N) is 1. The minimum absolute atomic E-state index is 0.129. The van der Waals surface area contributed by atoms with Crippen LogP contribution in [0.5, 0.6) is 0 Å². The molecule has 100 valence electrons. The molecule has 0 spiro atoms. The average Bonchev–Trinajstić information content (AvgIpc) is 2.34. The molecule has 0 aliphatic heterocycles. The molecule has 0 aliphatic carbocycles. The summed E-state index contributed by atoms with van der Waals surface area (Å²) in [6.07, 6.45) is -0.515. The lowest BCUT2D eigenvalue weighted by Crippen LogP contribution is -2.23. The monoisotopic (exact) mass is 294 g/mol. The van der Waals surface area contributed by atoms with Crippen molar-refractivity contribution in [3.05, 3.63) is 32.3 Å². The Morgan fingerprint density at radius 1 is 1.33 bits per heavy atom. The molecule has 1 aromatic rings. The van der Waals surface area contributed by atoms with E-state index in [2.05, 4.69) is 5.32 Å². The highest BCUT2D eigenvalue weighted by Gasteiger charge is 2.17. The van der Waals surface area contributed by atoms with Gasteiger partial charge >= 0.3 is 0 Å². The molecule has 0 fully saturated rings. The lowest BCUT2D eigenvalue weighted by Gasteiger charge is -2.15. The van der Waals surface area contributed by atoms with Gasteiger partial charge in [-0.3, -0.25) is 10.1 Å². The van der Waals surface area contributed by atoms with Crippen molar-refractivity contribution < 1.29 is 14.4 Å². The fourth-order valence-corrected chi connectivity index (χ4v) is 1.61. The van der Waals surface area contributed by atoms with E-state index in [1.165, 1.54) is 26.4 Å². The van der Waals surface area contributed by atoms with E-state index in [0.717, 1.165) is 0 Å². The fraction of sp³-hybridized carbons (Fsp3) is 0.400. The molecule has 18 heavy (non-hydrogen) atoms. The van der Waals surface area contributed by atoms with E-state index in [-0.39, 0.29) is 28.0 Å². The number of nitro groups is 1. The van der Waals surface area contributed by atoms with Crippen molar-refractivity contribution in [1.29, 1.82) is 0 Å². The second-order valence-corrected chi connectivity index (χ2v) is 4.14. The number of methoxy groups -OCH3 is 2. The maximum absolute atomic E-state index is 10.9. The van der Waals surface area contributed by atoms with Crippen LogP contribution < -0.4 is 5.32 Å². The minimum Gasteiger partial charge on any atom is -0.374 e. The zero-order chi connectivity index (χ0) is 13.7. The molecule has 0 saturated heterocycles. The molecule has 0 atom stereocenters. The third kappa shape index (κ3) is 3.71. The molecule has 0 heterocycles. The number of hydrogen-bond acceptors (Lipinski definition) is 5. The van der Waals surface area contributed by atoms with E-state index >= 15 is 0 Å². The topological polar surface area (TPSA) is 73.6 Å². The van der Waals surface area contributed by atoms with Crippen LogP contribution in [-0.2, 0) is 9.47 Å². The van der Waals surface area contributed by atoms with Crippen molar-refractivity contribution in [3.8, 4) is 0 Å². The summed E-state index contributed by atoms with van der Waals surface area (Å²) in [6.45, 7) is 0.242. The van der Waals surface area contributed by atoms with Gasteiger partial charge in [-0.1, -0.05) is 23.2 Å². The van der Waals surface area contributed by atoms with E-state index in [9.17, 15) is 10.1 Å². The molecule has 0 bridgehead atoms. The summed E-state index contributed by atoms with van der Waals surface area (Å²) in [5, 5.41) is 14.1. The molecule has 6 nitrogen and oxygen atoms in total. The Balaban J connectivity index is 2.93. The van der Waals surface area contributed by atoms with Crippen LogP contribution in [0.25, 0.3) is 0 Å². The molecular weight excluding hydrogens is 283 g/mol. The predicted octanol–water partition coefficient (Wildman–Crippen LogP) is 2.93. The van der Waals surface area contributed by atoms with Gasteiger partial charge in [-0.25, -0.2) is 0 Å². The van der Waals surface area contributed by atoms with Crippen LogP contribution in [0.4, 0.5) is 11.4 Å².